The molecule has 0 bridgehead atoms. The second-order valence-electron chi connectivity index (χ2n) is 4.91. The largest absolute Gasteiger partial charge is 0.464 e. The number of methoxy groups -OCH3 is 2. The number of aromatic nitrogens is 3. The van der Waals surface area contributed by atoms with E-state index in [0.29, 0.717) is 29.7 Å². The molecule has 1 fully saturated rings. The highest BCUT2D eigenvalue weighted by Gasteiger charge is 2.34. The number of nitrogens with zero attached hydrogens (tertiary/aromatic N) is 3. The van der Waals surface area contributed by atoms with Crippen molar-refractivity contribution in [2.75, 3.05) is 33.7 Å². The molecule has 0 aromatic carbocycles. The summed E-state index contributed by atoms with van der Waals surface area (Å²) in [6.07, 6.45) is 3.49. The maximum absolute atomic E-state index is 12.1. The van der Waals surface area contributed by atoms with E-state index in [-0.39, 0.29) is 12.1 Å². The average Bonchev–Trinajstić information content (AvgIpc) is 3.16. The molecular formula is C14H17N3O4S. The number of rotatable bonds is 4. The summed E-state index contributed by atoms with van der Waals surface area (Å²) in [6, 6.07) is 1.62. The van der Waals surface area contributed by atoms with Gasteiger partial charge in [0.1, 0.15) is 17.4 Å². The normalized spacial score (nSPS) is 21.4. The molecule has 2 aromatic rings. The fourth-order valence-corrected chi connectivity index (χ4v) is 3.01. The molecule has 3 rings (SSSR count). The van der Waals surface area contributed by atoms with Crippen molar-refractivity contribution in [3.8, 4) is 0 Å². The van der Waals surface area contributed by atoms with Gasteiger partial charge in [0, 0.05) is 18.7 Å². The maximum atomic E-state index is 12.1. The Morgan fingerprint density at radius 3 is 2.95 bits per heavy atom. The minimum atomic E-state index is -0.412. The molecule has 118 valence electrons. The molecule has 2 atom stereocenters. The van der Waals surface area contributed by atoms with E-state index >= 15 is 0 Å². The summed E-state index contributed by atoms with van der Waals surface area (Å²) >= 11 is 1.45. The summed E-state index contributed by atoms with van der Waals surface area (Å²) in [7, 11) is 3.00. The minimum Gasteiger partial charge on any atom is -0.464 e. The van der Waals surface area contributed by atoms with E-state index < -0.39 is 5.97 Å². The number of carbonyl (C=O) groups is 1. The van der Waals surface area contributed by atoms with Crippen molar-refractivity contribution < 1.29 is 19.0 Å². The molecule has 2 unspecified atom stereocenters. The lowest BCUT2D eigenvalue weighted by Crippen LogP contribution is -2.27. The van der Waals surface area contributed by atoms with E-state index in [0.717, 1.165) is 5.39 Å². The van der Waals surface area contributed by atoms with Crippen molar-refractivity contribution in [2.24, 2.45) is 0 Å². The molecule has 1 aliphatic heterocycles. The predicted octanol–water partition coefficient (Wildman–Crippen LogP) is 1.53. The Hall–Kier alpha value is -1.64. The lowest BCUT2D eigenvalue weighted by Gasteiger charge is -2.20. The summed E-state index contributed by atoms with van der Waals surface area (Å²) in [4.78, 5) is 20.9. The van der Waals surface area contributed by atoms with Gasteiger partial charge in [-0.3, -0.25) is 0 Å². The van der Waals surface area contributed by atoms with Gasteiger partial charge in [-0.15, -0.1) is 0 Å². The zero-order chi connectivity index (χ0) is 15.7. The molecule has 2 aromatic heterocycles. The first kappa shape index (κ1) is 15.3. The van der Waals surface area contributed by atoms with Crippen molar-refractivity contribution in [1.29, 1.82) is 0 Å². The van der Waals surface area contributed by atoms with Gasteiger partial charge in [0.25, 0.3) is 0 Å². The Kier molecular flexibility index (Phi) is 4.32. The predicted molar refractivity (Wildman–Crippen MR) is 81.3 cm³/mol. The van der Waals surface area contributed by atoms with Crippen LogP contribution in [0.1, 0.15) is 16.5 Å². The molecule has 0 aliphatic carbocycles. The van der Waals surface area contributed by atoms with Crippen molar-refractivity contribution in [3.05, 3.63) is 18.0 Å². The summed E-state index contributed by atoms with van der Waals surface area (Å²) in [5.74, 6) is -0.412. The molecule has 0 saturated carbocycles. The highest BCUT2D eigenvalue weighted by molar-refractivity contribution is 7.98. The zero-order valence-electron chi connectivity index (χ0n) is 12.6. The Bertz CT molecular complexity index is 703. The first-order valence-electron chi connectivity index (χ1n) is 6.80. The molecule has 7 nitrogen and oxygen atoms in total. The summed E-state index contributed by atoms with van der Waals surface area (Å²) in [6.45, 7) is 0.951. The fourth-order valence-electron chi connectivity index (χ4n) is 2.68. The molecule has 0 amide bonds. The molecule has 22 heavy (non-hydrogen) atoms. The third-order valence-corrected chi connectivity index (χ3v) is 4.33. The smallest absolute Gasteiger partial charge is 0.354 e. The van der Waals surface area contributed by atoms with Crippen LogP contribution in [0, 0.1) is 0 Å². The van der Waals surface area contributed by atoms with E-state index in [1.165, 1.54) is 18.9 Å². The lowest BCUT2D eigenvalue weighted by molar-refractivity contribution is 0.0559. The van der Waals surface area contributed by atoms with Gasteiger partial charge in [-0.25, -0.2) is 14.8 Å². The quantitative estimate of drug-likeness (QED) is 0.480. The van der Waals surface area contributed by atoms with Gasteiger partial charge in [0.2, 0.25) is 0 Å². The Morgan fingerprint density at radius 1 is 1.45 bits per heavy atom. The van der Waals surface area contributed by atoms with Crippen LogP contribution in [0.2, 0.25) is 0 Å². The first-order chi connectivity index (χ1) is 10.7. The second kappa shape index (κ2) is 6.23. The van der Waals surface area contributed by atoms with Gasteiger partial charge in [-0.2, -0.15) is 0 Å². The molecule has 8 heteroatoms. The van der Waals surface area contributed by atoms with E-state index in [4.69, 9.17) is 14.2 Å². The van der Waals surface area contributed by atoms with Crippen LogP contribution >= 0.6 is 11.8 Å². The van der Waals surface area contributed by atoms with E-state index in [1.54, 1.807) is 19.4 Å². The van der Waals surface area contributed by atoms with Crippen LogP contribution in [0.5, 0.6) is 0 Å². The molecule has 1 aliphatic rings. The first-order valence-corrected chi connectivity index (χ1v) is 8.03. The van der Waals surface area contributed by atoms with Crippen LogP contribution in [0.15, 0.2) is 17.4 Å². The third kappa shape index (κ3) is 2.47. The number of thioether (sulfide) groups is 1. The van der Waals surface area contributed by atoms with Gasteiger partial charge in [-0.05, 0) is 12.3 Å². The topological polar surface area (TPSA) is 75.5 Å². The second-order valence-corrected chi connectivity index (χ2v) is 5.68. The van der Waals surface area contributed by atoms with Gasteiger partial charge >= 0.3 is 5.97 Å². The van der Waals surface area contributed by atoms with Crippen molar-refractivity contribution >= 4 is 28.8 Å². The van der Waals surface area contributed by atoms with Gasteiger partial charge in [-0.1, -0.05) is 11.8 Å². The number of ether oxygens (including phenoxy) is 3. The number of esters is 1. The molecular weight excluding hydrogens is 306 g/mol. The summed E-state index contributed by atoms with van der Waals surface area (Å²) in [5.41, 5.74) is 1.12. The van der Waals surface area contributed by atoms with E-state index in [2.05, 4.69) is 9.97 Å². The molecule has 1 saturated heterocycles. The van der Waals surface area contributed by atoms with Crippen LogP contribution in [0.4, 0.5) is 0 Å². The zero-order valence-corrected chi connectivity index (χ0v) is 13.4. The van der Waals surface area contributed by atoms with Gasteiger partial charge in [0.15, 0.2) is 5.16 Å². The number of carbonyl (C=O) groups excluding carboxylic acids is 1. The highest BCUT2D eigenvalue weighted by atomic mass is 32.2. The Labute approximate surface area is 132 Å². The molecule has 3 heterocycles. The van der Waals surface area contributed by atoms with Crippen molar-refractivity contribution in [3.63, 3.8) is 0 Å². The standard InChI is InChI=1S/C14H17N3O4S/c1-19-11-7-21-6-10(11)17-9(13(18)20-2)4-8-5-15-14(22-3)16-12(8)17/h4-5,10-11H,6-7H2,1-3H3. The fraction of sp³-hybridized carbons (Fsp3) is 0.500. The number of hydrogen-bond acceptors (Lipinski definition) is 7. The van der Waals surface area contributed by atoms with Crippen molar-refractivity contribution in [2.45, 2.75) is 17.3 Å². The summed E-state index contributed by atoms with van der Waals surface area (Å²) < 4.78 is 17.7. The number of hydrogen-bond donors (Lipinski definition) is 0. The summed E-state index contributed by atoms with van der Waals surface area (Å²) in [5, 5.41) is 1.44. The van der Waals surface area contributed by atoms with Crippen LogP contribution in [-0.4, -0.2) is 60.3 Å². The SMILES string of the molecule is COC(=O)c1cc2cnc(SC)nc2n1C1COCC1OC. The van der Waals surface area contributed by atoms with Crippen LogP contribution < -0.4 is 0 Å². The third-order valence-electron chi connectivity index (χ3n) is 3.77. The Morgan fingerprint density at radius 2 is 2.27 bits per heavy atom. The van der Waals surface area contributed by atoms with E-state index in [1.807, 2.05) is 10.8 Å². The monoisotopic (exact) mass is 323 g/mol. The lowest BCUT2D eigenvalue weighted by atomic mass is 10.2. The minimum absolute atomic E-state index is 0.124. The van der Waals surface area contributed by atoms with Gasteiger partial charge in [0.05, 0.1) is 26.4 Å². The highest BCUT2D eigenvalue weighted by Crippen LogP contribution is 2.30. The van der Waals surface area contributed by atoms with Crippen molar-refractivity contribution in [1.82, 2.24) is 14.5 Å². The molecule has 0 spiro atoms. The average molecular weight is 323 g/mol. The number of fused-ring (bicyclic) bond motifs is 1. The van der Waals surface area contributed by atoms with Gasteiger partial charge < -0.3 is 18.8 Å². The Balaban J connectivity index is 2.20. The van der Waals surface area contributed by atoms with Crippen LogP contribution in [0.3, 0.4) is 0 Å². The molecule has 0 N–H and O–H groups in total. The van der Waals surface area contributed by atoms with Crippen LogP contribution in [0.25, 0.3) is 11.0 Å². The molecule has 0 radical (unpaired) electrons. The maximum Gasteiger partial charge on any atom is 0.354 e. The van der Waals surface area contributed by atoms with Crippen LogP contribution in [-0.2, 0) is 14.2 Å². The van der Waals surface area contributed by atoms with E-state index in [9.17, 15) is 4.79 Å².